The fourth-order valence-corrected chi connectivity index (χ4v) is 2.59. The lowest BCUT2D eigenvalue weighted by molar-refractivity contribution is 0.509. The summed E-state index contributed by atoms with van der Waals surface area (Å²) in [6, 6.07) is 6.60. The molecule has 2 heterocycles. The Bertz CT molecular complexity index is 1190. The van der Waals surface area contributed by atoms with E-state index in [1.165, 1.54) is 23.0 Å². The lowest BCUT2D eigenvalue weighted by Gasteiger charge is -2.11. The van der Waals surface area contributed by atoms with Gasteiger partial charge in [-0.15, -0.1) is 0 Å². The Morgan fingerprint density at radius 1 is 0.786 bits per heavy atom. The first-order valence-corrected chi connectivity index (χ1v) is 8.04. The van der Waals surface area contributed by atoms with Crippen LogP contribution in [0, 0.1) is 23.3 Å². The minimum atomic E-state index is -1.02. The third kappa shape index (κ3) is 3.31. The molecule has 142 valence electrons. The molecule has 0 aliphatic rings. The Morgan fingerprint density at radius 2 is 1.39 bits per heavy atom. The van der Waals surface area contributed by atoms with Crippen LogP contribution in [-0.4, -0.2) is 19.7 Å². The molecular formula is C18H12F4N6. The van der Waals surface area contributed by atoms with Crippen molar-refractivity contribution in [1.82, 2.24) is 19.7 Å². The van der Waals surface area contributed by atoms with Gasteiger partial charge in [0.15, 0.2) is 28.9 Å². The van der Waals surface area contributed by atoms with Gasteiger partial charge in [0.1, 0.15) is 5.82 Å². The van der Waals surface area contributed by atoms with Crippen LogP contribution in [0.25, 0.3) is 11.0 Å². The molecule has 28 heavy (non-hydrogen) atoms. The first-order valence-electron chi connectivity index (χ1n) is 8.04. The van der Waals surface area contributed by atoms with Gasteiger partial charge in [-0.2, -0.15) is 15.1 Å². The molecule has 2 aromatic heterocycles. The first-order chi connectivity index (χ1) is 13.4. The van der Waals surface area contributed by atoms with Crippen LogP contribution < -0.4 is 10.6 Å². The number of halogens is 4. The Kier molecular flexibility index (Phi) is 4.30. The molecule has 6 nitrogen and oxygen atoms in total. The largest absolute Gasteiger partial charge is 0.339 e. The van der Waals surface area contributed by atoms with E-state index in [0.717, 1.165) is 24.3 Å². The number of hydrogen-bond donors (Lipinski definition) is 2. The fraction of sp³-hybridized carbons (Fsp3) is 0.0556. The lowest BCUT2D eigenvalue weighted by Crippen LogP contribution is -2.04. The summed E-state index contributed by atoms with van der Waals surface area (Å²) in [4.78, 5) is 8.59. The van der Waals surface area contributed by atoms with Crippen molar-refractivity contribution >= 4 is 34.2 Å². The minimum Gasteiger partial charge on any atom is -0.339 e. The molecule has 0 radical (unpaired) electrons. The number of anilines is 4. The average Bonchev–Trinajstić information content (AvgIpc) is 3.03. The summed E-state index contributed by atoms with van der Waals surface area (Å²) in [6.07, 6.45) is 1.51. The van der Waals surface area contributed by atoms with Gasteiger partial charge in [-0.3, -0.25) is 4.68 Å². The second-order valence-electron chi connectivity index (χ2n) is 5.91. The SMILES string of the molecule is Cn1ncc2c(Nc3ccc(F)c(F)c3)nc(Nc3ccc(F)c(F)c3)nc21. The smallest absolute Gasteiger partial charge is 0.231 e. The van der Waals surface area contributed by atoms with Crippen molar-refractivity contribution in [2.45, 2.75) is 0 Å². The fourth-order valence-electron chi connectivity index (χ4n) is 2.59. The van der Waals surface area contributed by atoms with Crippen LogP contribution in [0.4, 0.5) is 40.7 Å². The summed E-state index contributed by atoms with van der Waals surface area (Å²) < 4.78 is 54.7. The minimum absolute atomic E-state index is 0.0761. The highest BCUT2D eigenvalue weighted by atomic mass is 19.2. The number of aromatic nitrogens is 4. The van der Waals surface area contributed by atoms with Gasteiger partial charge in [-0.25, -0.2) is 17.6 Å². The van der Waals surface area contributed by atoms with E-state index in [1.807, 2.05) is 0 Å². The molecule has 0 aliphatic carbocycles. The third-order valence-electron chi connectivity index (χ3n) is 3.95. The first kappa shape index (κ1) is 17.7. The van der Waals surface area contributed by atoms with Crippen LogP contribution in [0.1, 0.15) is 0 Å². The summed E-state index contributed by atoms with van der Waals surface area (Å²) in [5.74, 6) is -3.63. The van der Waals surface area contributed by atoms with Gasteiger partial charge in [0, 0.05) is 30.6 Å². The lowest BCUT2D eigenvalue weighted by atomic mass is 10.3. The molecule has 0 saturated heterocycles. The topological polar surface area (TPSA) is 67.7 Å². The number of benzene rings is 2. The van der Waals surface area contributed by atoms with E-state index in [1.54, 1.807) is 7.05 Å². The summed E-state index contributed by atoms with van der Waals surface area (Å²) >= 11 is 0. The van der Waals surface area contributed by atoms with Crippen LogP contribution in [0.2, 0.25) is 0 Å². The van der Waals surface area contributed by atoms with Crippen molar-refractivity contribution in [2.75, 3.05) is 10.6 Å². The van der Waals surface area contributed by atoms with E-state index >= 15 is 0 Å². The zero-order valence-electron chi connectivity index (χ0n) is 14.3. The predicted octanol–water partition coefficient (Wildman–Crippen LogP) is 4.41. The van der Waals surface area contributed by atoms with Crippen LogP contribution >= 0.6 is 0 Å². The van der Waals surface area contributed by atoms with E-state index in [-0.39, 0.29) is 23.1 Å². The van der Waals surface area contributed by atoms with Gasteiger partial charge >= 0.3 is 0 Å². The molecule has 0 fully saturated rings. The van der Waals surface area contributed by atoms with Gasteiger partial charge in [-0.05, 0) is 24.3 Å². The molecule has 0 atom stereocenters. The van der Waals surface area contributed by atoms with E-state index in [0.29, 0.717) is 11.0 Å². The van der Waals surface area contributed by atoms with Crippen LogP contribution in [0.15, 0.2) is 42.6 Å². The molecule has 0 unspecified atom stereocenters. The van der Waals surface area contributed by atoms with E-state index in [9.17, 15) is 17.6 Å². The molecule has 2 aromatic carbocycles. The number of fused-ring (bicyclic) bond motifs is 1. The summed E-state index contributed by atoms with van der Waals surface area (Å²) in [7, 11) is 1.66. The highest BCUT2D eigenvalue weighted by Gasteiger charge is 2.14. The zero-order chi connectivity index (χ0) is 19.8. The molecule has 4 rings (SSSR count). The molecule has 0 saturated carbocycles. The Labute approximate surface area is 155 Å². The normalized spacial score (nSPS) is 11.0. The van der Waals surface area contributed by atoms with Crippen molar-refractivity contribution in [3.8, 4) is 0 Å². The Morgan fingerprint density at radius 3 is 2.00 bits per heavy atom. The van der Waals surface area contributed by atoms with E-state index in [2.05, 4.69) is 25.7 Å². The van der Waals surface area contributed by atoms with Crippen molar-refractivity contribution in [3.05, 3.63) is 65.9 Å². The van der Waals surface area contributed by atoms with E-state index < -0.39 is 23.3 Å². The van der Waals surface area contributed by atoms with E-state index in [4.69, 9.17) is 0 Å². The predicted molar refractivity (Wildman–Crippen MR) is 95.6 cm³/mol. The van der Waals surface area contributed by atoms with Crippen molar-refractivity contribution in [1.29, 1.82) is 0 Å². The number of hydrogen-bond acceptors (Lipinski definition) is 5. The summed E-state index contributed by atoms with van der Waals surface area (Å²) in [6.45, 7) is 0. The molecule has 0 bridgehead atoms. The summed E-state index contributed by atoms with van der Waals surface area (Å²) in [5, 5.41) is 10.3. The molecule has 2 N–H and O–H groups in total. The maximum absolute atomic E-state index is 13.5. The molecule has 10 heteroatoms. The second kappa shape index (κ2) is 6.80. The summed E-state index contributed by atoms with van der Waals surface area (Å²) in [5.41, 5.74) is 0.936. The van der Waals surface area contributed by atoms with Gasteiger partial charge in [0.05, 0.1) is 11.6 Å². The second-order valence-corrected chi connectivity index (χ2v) is 5.91. The Balaban J connectivity index is 1.74. The molecule has 0 spiro atoms. The van der Waals surface area contributed by atoms with Crippen molar-refractivity contribution in [2.24, 2.45) is 7.05 Å². The molecular weight excluding hydrogens is 376 g/mol. The van der Waals surface area contributed by atoms with Crippen molar-refractivity contribution < 1.29 is 17.6 Å². The molecule has 0 aliphatic heterocycles. The number of nitrogens with one attached hydrogen (secondary N) is 2. The zero-order valence-corrected chi connectivity index (χ0v) is 14.3. The standard InChI is InChI=1S/C18H12F4N6/c1-28-17-11(8-23-28)16(24-9-2-4-12(19)14(21)6-9)26-18(27-17)25-10-3-5-13(20)15(22)7-10/h2-8H,1H3,(H2,24,25,26,27). The molecule has 4 aromatic rings. The quantitative estimate of drug-likeness (QED) is 0.507. The van der Waals surface area contributed by atoms with Crippen LogP contribution in [0.3, 0.4) is 0 Å². The van der Waals surface area contributed by atoms with Crippen molar-refractivity contribution in [3.63, 3.8) is 0 Å². The van der Waals surface area contributed by atoms with Gasteiger partial charge in [0.25, 0.3) is 0 Å². The van der Waals surface area contributed by atoms with Gasteiger partial charge in [-0.1, -0.05) is 0 Å². The van der Waals surface area contributed by atoms with Crippen LogP contribution in [-0.2, 0) is 7.05 Å². The highest BCUT2D eigenvalue weighted by molar-refractivity contribution is 5.89. The average molecular weight is 388 g/mol. The Hall–Kier alpha value is -3.69. The third-order valence-corrected chi connectivity index (χ3v) is 3.95. The maximum atomic E-state index is 13.5. The highest BCUT2D eigenvalue weighted by Crippen LogP contribution is 2.27. The molecule has 0 amide bonds. The van der Waals surface area contributed by atoms with Crippen LogP contribution in [0.5, 0.6) is 0 Å². The maximum Gasteiger partial charge on any atom is 0.231 e. The number of rotatable bonds is 4. The van der Waals surface area contributed by atoms with Gasteiger partial charge in [0.2, 0.25) is 5.95 Å². The number of nitrogens with zero attached hydrogens (tertiary/aromatic N) is 4. The van der Waals surface area contributed by atoms with Gasteiger partial charge < -0.3 is 10.6 Å². The number of aryl methyl sites for hydroxylation is 1. The monoisotopic (exact) mass is 388 g/mol.